The maximum atomic E-state index is 12.3. The maximum Gasteiger partial charge on any atom is 0.227 e. The first-order chi connectivity index (χ1) is 9.84. The number of unbranched alkanes of at least 4 members (excludes halogenated alkanes) is 1. The number of nitrogens with zero attached hydrogens (tertiary/aromatic N) is 2. The molecule has 6 nitrogen and oxygen atoms in total. The monoisotopic (exact) mass is 316 g/mol. The predicted octanol–water partition coefficient (Wildman–Crippen LogP) is 0.281. The van der Waals surface area contributed by atoms with Crippen LogP contribution in [0.2, 0.25) is 0 Å². The molecule has 120 valence electrons. The highest BCUT2D eigenvalue weighted by molar-refractivity contribution is 7.91. The first kappa shape index (κ1) is 16.3. The molecular weight excluding hydrogens is 292 g/mol. The second kappa shape index (κ2) is 6.34. The van der Waals surface area contributed by atoms with Crippen LogP contribution in [0.15, 0.2) is 0 Å². The van der Waals surface area contributed by atoms with Crippen molar-refractivity contribution in [2.75, 3.05) is 31.6 Å². The average molecular weight is 316 g/mol. The lowest BCUT2D eigenvalue weighted by Gasteiger charge is -2.24. The van der Waals surface area contributed by atoms with Gasteiger partial charge in [0.15, 0.2) is 9.84 Å². The zero-order valence-electron chi connectivity index (χ0n) is 12.7. The average Bonchev–Trinajstić information content (AvgIpc) is 2.97. The summed E-state index contributed by atoms with van der Waals surface area (Å²) in [5.41, 5.74) is 0. The van der Waals surface area contributed by atoms with E-state index in [0.717, 1.165) is 12.8 Å². The molecule has 2 unspecified atom stereocenters. The van der Waals surface area contributed by atoms with E-state index in [-0.39, 0.29) is 41.7 Å². The quantitative estimate of drug-likeness (QED) is 0.730. The maximum absolute atomic E-state index is 12.3. The molecule has 2 aliphatic rings. The summed E-state index contributed by atoms with van der Waals surface area (Å²) in [6.07, 6.45) is 2.69. The minimum Gasteiger partial charge on any atom is -0.345 e. The highest BCUT2D eigenvalue weighted by atomic mass is 32.2. The fraction of sp³-hybridized carbons (Fsp3) is 0.857. The van der Waals surface area contributed by atoms with Crippen molar-refractivity contribution >= 4 is 21.7 Å². The molecule has 2 heterocycles. The van der Waals surface area contributed by atoms with E-state index in [2.05, 4.69) is 6.92 Å². The third-order valence-electron chi connectivity index (χ3n) is 4.38. The first-order valence-corrected chi connectivity index (χ1v) is 9.41. The van der Waals surface area contributed by atoms with Crippen molar-refractivity contribution in [3.63, 3.8) is 0 Å². The van der Waals surface area contributed by atoms with Gasteiger partial charge in [-0.15, -0.1) is 0 Å². The van der Waals surface area contributed by atoms with E-state index in [1.54, 1.807) is 16.8 Å². The second-order valence-electron chi connectivity index (χ2n) is 6.12. The summed E-state index contributed by atoms with van der Waals surface area (Å²) < 4.78 is 23.1. The van der Waals surface area contributed by atoms with E-state index in [0.29, 0.717) is 19.5 Å². The second-order valence-corrected chi connectivity index (χ2v) is 8.35. The van der Waals surface area contributed by atoms with Crippen LogP contribution in [-0.2, 0) is 19.4 Å². The summed E-state index contributed by atoms with van der Waals surface area (Å²) in [6.45, 7) is 3.14. The van der Waals surface area contributed by atoms with Gasteiger partial charge in [0.25, 0.3) is 0 Å². The molecule has 0 saturated carbocycles. The minimum absolute atomic E-state index is 0.000143. The molecule has 0 aromatic heterocycles. The molecule has 0 spiro atoms. The van der Waals surface area contributed by atoms with Gasteiger partial charge in [0.1, 0.15) is 0 Å². The number of amides is 2. The van der Waals surface area contributed by atoms with Crippen molar-refractivity contribution in [3.8, 4) is 0 Å². The zero-order valence-corrected chi connectivity index (χ0v) is 13.6. The van der Waals surface area contributed by atoms with Crippen LogP contribution in [0.4, 0.5) is 0 Å². The van der Waals surface area contributed by atoms with E-state index < -0.39 is 9.84 Å². The number of hydrogen-bond donors (Lipinski definition) is 0. The van der Waals surface area contributed by atoms with E-state index in [9.17, 15) is 18.0 Å². The van der Waals surface area contributed by atoms with E-state index in [4.69, 9.17) is 0 Å². The smallest absolute Gasteiger partial charge is 0.227 e. The van der Waals surface area contributed by atoms with Crippen LogP contribution in [0.5, 0.6) is 0 Å². The number of carbonyl (C=O) groups excluding carboxylic acids is 2. The lowest BCUT2D eigenvalue weighted by atomic mass is 10.1. The largest absolute Gasteiger partial charge is 0.345 e. The molecule has 2 amide bonds. The van der Waals surface area contributed by atoms with Crippen molar-refractivity contribution < 1.29 is 18.0 Å². The number of rotatable bonds is 5. The van der Waals surface area contributed by atoms with Gasteiger partial charge < -0.3 is 9.80 Å². The highest BCUT2D eigenvalue weighted by Gasteiger charge is 2.42. The molecule has 21 heavy (non-hydrogen) atoms. The van der Waals surface area contributed by atoms with Crippen molar-refractivity contribution in [3.05, 3.63) is 0 Å². The Kier molecular flexibility index (Phi) is 4.91. The van der Waals surface area contributed by atoms with Crippen LogP contribution in [0.3, 0.4) is 0 Å². The Bertz CT molecular complexity index is 517. The highest BCUT2D eigenvalue weighted by Crippen LogP contribution is 2.27. The van der Waals surface area contributed by atoms with Crippen molar-refractivity contribution in [1.29, 1.82) is 0 Å². The van der Waals surface area contributed by atoms with Crippen LogP contribution >= 0.6 is 0 Å². The van der Waals surface area contributed by atoms with Crippen LogP contribution in [0.25, 0.3) is 0 Å². The Labute approximate surface area is 126 Å². The number of likely N-dealkylation sites (tertiary alicyclic amines) is 1. The summed E-state index contributed by atoms with van der Waals surface area (Å²) >= 11 is 0. The molecule has 7 heteroatoms. The van der Waals surface area contributed by atoms with Gasteiger partial charge in [-0.1, -0.05) is 13.3 Å². The Morgan fingerprint density at radius 3 is 2.71 bits per heavy atom. The lowest BCUT2D eigenvalue weighted by Crippen LogP contribution is -2.39. The van der Waals surface area contributed by atoms with Gasteiger partial charge in [-0.2, -0.15) is 0 Å². The summed E-state index contributed by atoms with van der Waals surface area (Å²) in [5.74, 6) is -0.205. The molecule has 2 fully saturated rings. The predicted molar refractivity (Wildman–Crippen MR) is 79.4 cm³/mol. The van der Waals surface area contributed by atoms with Gasteiger partial charge in [-0.3, -0.25) is 9.59 Å². The minimum atomic E-state index is -3.01. The van der Waals surface area contributed by atoms with Crippen molar-refractivity contribution in [2.24, 2.45) is 5.92 Å². The van der Waals surface area contributed by atoms with Gasteiger partial charge in [0.2, 0.25) is 11.8 Å². The molecule has 2 saturated heterocycles. The molecule has 2 rings (SSSR count). The molecule has 0 radical (unpaired) electrons. The first-order valence-electron chi connectivity index (χ1n) is 7.59. The van der Waals surface area contributed by atoms with Crippen molar-refractivity contribution in [1.82, 2.24) is 9.80 Å². The van der Waals surface area contributed by atoms with Crippen LogP contribution < -0.4 is 0 Å². The molecule has 0 bridgehead atoms. The molecule has 0 aliphatic carbocycles. The molecule has 0 N–H and O–H groups in total. The van der Waals surface area contributed by atoms with Crippen LogP contribution in [0, 0.1) is 5.92 Å². The van der Waals surface area contributed by atoms with Crippen LogP contribution in [-0.4, -0.2) is 67.7 Å². The Hall–Kier alpha value is -1.11. The fourth-order valence-corrected chi connectivity index (χ4v) is 4.82. The number of carbonyl (C=O) groups is 2. The number of sulfone groups is 1. The Balaban J connectivity index is 1.95. The molecule has 2 aliphatic heterocycles. The molecule has 2 atom stereocenters. The molecule has 0 aromatic carbocycles. The van der Waals surface area contributed by atoms with Gasteiger partial charge >= 0.3 is 0 Å². The topological polar surface area (TPSA) is 74.8 Å². The van der Waals surface area contributed by atoms with Gasteiger partial charge in [-0.25, -0.2) is 8.42 Å². The third-order valence-corrected chi connectivity index (χ3v) is 6.13. The van der Waals surface area contributed by atoms with Gasteiger partial charge in [0, 0.05) is 32.6 Å². The Morgan fingerprint density at radius 2 is 2.14 bits per heavy atom. The summed E-state index contributed by atoms with van der Waals surface area (Å²) in [7, 11) is -1.24. The van der Waals surface area contributed by atoms with E-state index in [1.165, 1.54) is 0 Å². The normalized spacial score (nSPS) is 28.1. The lowest BCUT2D eigenvalue weighted by molar-refractivity contribution is -0.134. The number of hydrogen-bond acceptors (Lipinski definition) is 4. The summed E-state index contributed by atoms with van der Waals surface area (Å²) in [4.78, 5) is 27.7. The standard InChI is InChI=1S/C14H24N2O4S/c1-3-4-6-15(2)14(18)11-8-13(17)16(9-11)12-5-7-21(19,20)10-12/h11-12H,3-10H2,1-2H3. The SMILES string of the molecule is CCCCN(C)C(=O)C1CC(=O)N(C2CCS(=O)(=O)C2)C1. The van der Waals surface area contributed by atoms with Gasteiger partial charge in [0.05, 0.1) is 17.4 Å². The zero-order chi connectivity index (χ0) is 15.6. The van der Waals surface area contributed by atoms with E-state index in [1.807, 2.05) is 0 Å². The van der Waals surface area contributed by atoms with Crippen LogP contribution in [0.1, 0.15) is 32.6 Å². The summed E-state index contributed by atoms with van der Waals surface area (Å²) in [6, 6.07) is -0.235. The van der Waals surface area contributed by atoms with E-state index >= 15 is 0 Å². The Morgan fingerprint density at radius 1 is 1.43 bits per heavy atom. The van der Waals surface area contributed by atoms with Gasteiger partial charge in [-0.05, 0) is 12.8 Å². The van der Waals surface area contributed by atoms with Crippen molar-refractivity contribution in [2.45, 2.75) is 38.6 Å². The summed E-state index contributed by atoms with van der Waals surface area (Å²) in [5, 5.41) is 0. The fourth-order valence-electron chi connectivity index (χ4n) is 3.09. The molecular formula is C14H24N2O4S. The molecule has 0 aromatic rings. The third kappa shape index (κ3) is 3.75.